The Morgan fingerprint density at radius 3 is 2.67 bits per heavy atom. The van der Waals surface area contributed by atoms with Gasteiger partial charge in [0.2, 0.25) is 0 Å². The molecule has 1 unspecified atom stereocenters. The lowest BCUT2D eigenvalue weighted by Crippen LogP contribution is -2.34. The molecule has 4 heteroatoms. The van der Waals surface area contributed by atoms with E-state index in [9.17, 15) is 4.79 Å². The Morgan fingerprint density at radius 2 is 1.94 bits per heavy atom. The summed E-state index contributed by atoms with van der Waals surface area (Å²) in [5.41, 5.74) is 0.602. The van der Waals surface area contributed by atoms with Gasteiger partial charge in [-0.05, 0) is 42.0 Å². The zero-order chi connectivity index (χ0) is 13.1. The van der Waals surface area contributed by atoms with Crippen molar-refractivity contribution >= 4 is 32.6 Å². The first-order valence-electron chi connectivity index (χ1n) is 5.71. The van der Waals surface area contributed by atoms with Gasteiger partial charge in [-0.2, -0.15) is 0 Å². The number of carbonyl (C=O) groups is 1. The first-order valence-corrected chi connectivity index (χ1v) is 6.50. The lowest BCUT2D eigenvalue weighted by Gasteiger charge is -2.11. The minimum Gasteiger partial charge on any atom is -0.394 e. The number of aliphatic hydroxyl groups is 1. The number of fused-ring (bicyclic) bond motifs is 1. The number of benzene rings is 2. The first kappa shape index (κ1) is 13.1. The molecular weight excluding hydrogens is 294 g/mol. The Balaban J connectivity index is 2.30. The van der Waals surface area contributed by atoms with Crippen LogP contribution in [-0.2, 0) is 0 Å². The summed E-state index contributed by atoms with van der Waals surface area (Å²) in [6.07, 6.45) is 0. The van der Waals surface area contributed by atoms with E-state index >= 15 is 0 Å². The SMILES string of the molecule is CC(CO)NC(=O)c1ccc2cc(Br)ccc2c1. The molecule has 0 aliphatic carbocycles. The lowest BCUT2D eigenvalue weighted by molar-refractivity contribution is 0.0922. The molecule has 0 bridgehead atoms. The van der Waals surface area contributed by atoms with E-state index in [1.807, 2.05) is 30.3 Å². The van der Waals surface area contributed by atoms with Crippen LogP contribution in [0.5, 0.6) is 0 Å². The number of amides is 1. The second-order valence-electron chi connectivity index (χ2n) is 4.26. The third-order valence-electron chi connectivity index (χ3n) is 2.72. The fourth-order valence-corrected chi connectivity index (χ4v) is 2.09. The molecule has 0 saturated heterocycles. The number of hydrogen-bond acceptors (Lipinski definition) is 2. The summed E-state index contributed by atoms with van der Waals surface area (Å²) >= 11 is 3.41. The van der Waals surface area contributed by atoms with Gasteiger partial charge in [0.15, 0.2) is 0 Å². The molecule has 1 amide bonds. The predicted octanol–water partition coefficient (Wildman–Crippen LogP) is 2.71. The molecule has 0 saturated carbocycles. The Hall–Kier alpha value is -1.39. The highest BCUT2D eigenvalue weighted by atomic mass is 79.9. The van der Waals surface area contributed by atoms with E-state index < -0.39 is 0 Å². The van der Waals surface area contributed by atoms with Crippen molar-refractivity contribution in [2.75, 3.05) is 6.61 Å². The van der Waals surface area contributed by atoms with Crippen molar-refractivity contribution in [2.45, 2.75) is 13.0 Å². The number of hydrogen-bond donors (Lipinski definition) is 2. The fraction of sp³-hybridized carbons (Fsp3) is 0.214. The molecule has 1 atom stereocenters. The summed E-state index contributed by atoms with van der Waals surface area (Å²) in [6, 6.07) is 11.2. The number of halogens is 1. The van der Waals surface area contributed by atoms with Gasteiger partial charge in [-0.25, -0.2) is 0 Å². The van der Waals surface area contributed by atoms with E-state index in [4.69, 9.17) is 5.11 Å². The normalized spacial score (nSPS) is 12.4. The predicted molar refractivity (Wildman–Crippen MR) is 75.7 cm³/mol. The Kier molecular flexibility index (Phi) is 3.99. The van der Waals surface area contributed by atoms with E-state index in [2.05, 4.69) is 21.2 Å². The van der Waals surface area contributed by atoms with Crippen molar-refractivity contribution in [3.05, 3.63) is 46.4 Å². The number of aliphatic hydroxyl groups excluding tert-OH is 1. The highest BCUT2D eigenvalue weighted by molar-refractivity contribution is 9.10. The summed E-state index contributed by atoms with van der Waals surface area (Å²) in [5.74, 6) is -0.165. The summed E-state index contributed by atoms with van der Waals surface area (Å²) in [5, 5.41) is 13.7. The van der Waals surface area contributed by atoms with Gasteiger partial charge < -0.3 is 10.4 Å². The highest BCUT2D eigenvalue weighted by Crippen LogP contribution is 2.20. The molecule has 3 nitrogen and oxygen atoms in total. The van der Waals surface area contributed by atoms with E-state index in [1.54, 1.807) is 13.0 Å². The van der Waals surface area contributed by atoms with Crippen LogP contribution in [0.3, 0.4) is 0 Å². The summed E-state index contributed by atoms with van der Waals surface area (Å²) in [6.45, 7) is 1.70. The van der Waals surface area contributed by atoms with Crippen LogP contribution in [0.2, 0.25) is 0 Å². The molecule has 0 spiro atoms. The molecule has 2 N–H and O–H groups in total. The minimum atomic E-state index is -0.238. The first-order chi connectivity index (χ1) is 8.60. The third-order valence-corrected chi connectivity index (χ3v) is 3.21. The second-order valence-corrected chi connectivity index (χ2v) is 5.18. The summed E-state index contributed by atoms with van der Waals surface area (Å²) < 4.78 is 1.01. The van der Waals surface area contributed by atoms with Crippen molar-refractivity contribution < 1.29 is 9.90 Å². The van der Waals surface area contributed by atoms with Crippen LogP contribution in [0, 0.1) is 0 Å². The summed E-state index contributed by atoms with van der Waals surface area (Å²) in [7, 11) is 0. The molecule has 0 aromatic heterocycles. The lowest BCUT2D eigenvalue weighted by atomic mass is 10.1. The van der Waals surface area contributed by atoms with Gasteiger partial charge in [0.25, 0.3) is 5.91 Å². The molecule has 0 radical (unpaired) electrons. The smallest absolute Gasteiger partial charge is 0.251 e. The number of carbonyl (C=O) groups excluding carboxylic acids is 1. The number of rotatable bonds is 3. The fourth-order valence-electron chi connectivity index (χ4n) is 1.71. The van der Waals surface area contributed by atoms with Crippen molar-refractivity contribution in [1.29, 1.82) is 0 Å². The number of nitrogens with one attached hydrogen (secondary N) is 1. The van der Waals surface area contributed by atoms with Crippen LogP contribution in [0.25, 0.3) is 10.8 Å². The maximum absolute atomic E-state index is 11.9. The second kappa shape index (κ2) is 5.50. The van der Waals surface area contributed by atoms with Crippen LogP contribution in [-0.4, -0.2) is 23.7 Å². The average Bonchev–Trinajstić information content (AvgIpc) is 2.37. The topological polar surface area (TPSA) is 49.3 Å². The van der Waals surface area contributed by atoms with Crippen molar-refractivity contribution in [3.8, 4) is 0 Å². The van der Waals surface area contributed by atoms with Gasteiger partial charge in [0.1, 0.15) is 0 Å². The third kappa shape index (κ3) is 2.89. The van der Waals surface area contributed by atoms with E-state index in [-0.39, 0.29) is 18.6 Å². The Labute approximate surface area is 114 Å². The van der Waals surface area contributed by atoms with E-state index in [0.717, 1.165) is 15.2 Å². The zero-order valence-corrected chi connectivity index (χ0v) is 11.6. The van der Waals surface area contributed by atoms with Crippen molar-refractivity contribution in [2.24, 2.45) is 0 Å². The Bertz CT molecular complexity index is 583. The average molecular weight is 308 g/mol. The van der Waals surface area contributed by atoms with Crippen LogP contribution in [0.4, 0.5) is 0 Å². The highest BCUT2D eigenvalue weighted by Gasteiger charge is 2.09. The molecule has 2 rings (SSSR count). The molecule has 2 aromatic rings. The largest absolute Gasteiger partial charge is 0.394 e. The molecular formula is C14H14BrNO2. The molecule has 0 aliphatic heterocycles. The van der Waals surface area contributed by atoms with Crippen LogP contribution in [0.1, 0.15) is 17.3 Å². The molecule has 2 aromatic carbocycles. The van der Waals surface area contributed by atoms with E-state index in [0.29, 0.717) is 5.56 Å². The van der Waals surface area contributed by atoms with Crippen molar-refractivity contribution in [1.82, 2.24) is 5.32 Å². The van der Waals surface area contributed by atoms with Crippen LogP contribution >= 0.6 is 15.9 Å². The monoisotopic (exact) mass is 307 g/mol. The molecule has 18 heavy (non-hydrogen) atoms. The van der Waals surface area contributed by atoms with E-state index in [1.165, 1.54) is 0 Å². The molecule has 94 valence electrons. The van der Waals surface area contributed by atoms with Gasteiger partial charge in [0, 0.05) is 16.1 Å². The molecule has 0 fully saturated rings. The van der Waals surface area contributed by atoms with Crippen molar-refractivity contribution in [3.63, 3.8) is 0 Å². The maximum atomic E-state index is 11.9. The molecule has 0 aliphatic rings. The standard InChI is InChI=1S/C14H14BrNO2/c1-9(8-17)16-14(18)12-3-2-11-7-13(15)5-4-10(11)6-12/h2-7,9,17H,8H2,1H3,(H,16,18). The van der Waals surface area contributed by atoms with Crippen LogP contribution < -0.4 is 5.32 Å². The maximum Gasteiger partial charge on any atom is 0.251 e. The van der Waals surface area contributed by atoms with Gasteiger partial charge in [-0.15, -0.1) is 0 Å². The minimum absolute atomic E-state index is 0.0632. The Morgan fingerprint density at radius 1 is 1.28 bits per heavy atom. The van der Waals surface area contributed by atoms with Gasteiger partial charge >= 0.3 is 0 Å². The quantitative estimate of drug-likeness (QED) is 0.916. The van der Waals surface area contributed by atoms with Gasteiger partial charge in [0.05, 0.1) is 6.61 Å². The van der Waals surface area contributed by atoms with Gasteiger partial charge in [-0.3, -0.25) is 4.79 Å². The van der Waals surface area contributed by atoms with Crippen LogP contribution in [0.15, 0.2) is 40.9 Å². The zero-order valence-electron chi connectivity index (χ0n) is 9.98. The van der Waals surface area contributed by atoms with Gasteiger partial charge in [-0.1, -0.05) is 28.1 Å². The molecule has 0 heterocycles. The summed E-state index contributed by atoms with van der Waals surface area (Å²) in [4.78, 5) is 11.9.